The summed E-state index contributed by atoms with van der Waals surface area (Å²) in [5.74, 6) is 1.53. The van der Waals surface area contributed by atoms with Gasteiger partial charge in [0.05, 0.1) is 0 Å². The van der Waals surface area contributed by atoms with Crippen LogP contribution in [0.4, 0.5) is 0 Å². The fourth-order valence-electron chi connectivity index (χ4n) is 3.43. The van der Waals surface area contributed by atoms with E-state index in [9.17, 15) is 0 Å². The van der Waals surface area contributed by atoms with Crippen molar-refractivity contribution in [3.63, 3.8) is 0 Å². The molecule has 0 spiro atoms. The number of aromatic nitrogens is 5. The minimum atomic E-state index is 0.688. The molecule has 5 nitrogen and oxygen atoms in total. The van der Waals surface area contributed by atoms with Gasteiger partial charge in [0.25, 0.3) is 0 Å². The molecule has 1 aliphatic rings. The van der Waals surface area contributed by atoms with E-state index in [0.29, 0.717) is 5.16 Å². The third kappa shape index (κ3) is 2.81. The highest BCUT2D eigenvalue weighted by molar-refractivity contribution is 7.99. The van der Waals surface area contributed by atoms with E-state index in [1.807, 2.05) is 41.7 Å². The highest BCUT2D eigenvalue weighted by atomic mass is 32.2. The molecular weight excluding hydrogens is 362 g/mol. The van der Waals surface area contributed by atoms with Gasteiger partial charge in [-0.1, -0.05) is 37.3 Å². The number of aryl methyl sites for hydroxylation is 1. The van der Waals surface area contributed by atoms with Crippen molar-refractivity contribution in [2.45, 2.75) is 36.4 Å². The van der Waals surface area contributed by atoms with Crippen LogP contribution in [0, 0.1) is 5.92 Å². The Balaban J connectivity index is 1.51. The van der Waals surface area contributed by atoms with Crippen molar-refractivity contribution in [2.75, 3.05) is 0 Å². The molecule has 1 aliphatic carbocycles. The van der Waals surface area contributed by atoms with Crippen molar-refractivity contribution in [3.05, 3.63) is 47.1 Å². The SMILES string of the molecule is C[C@@H]1CCc2c(sc3ncnc(Sc4n[nH]c(-c5ccccc5)n4)c23)C1. The second-order valence-corrected chi connectivity index (χ2v) is 8.69. The molecule has 0 unspecified atom stereocenters. The van der Waals surface area contributed by atoms with Crippen LogP contribution < -0.4 is 0 Å². The summed E-state index contributed by atoms with van der Waals surface area (Å²) in [6, 6.07) is 10.0. The lowest BCUT2D eigenvalue weighted by Crippen LogP contribution is -2.08. The molecular formula is C19H17N5S2. The van der Waals surface area contributed by atoms with Crippen LogP contribution in [0.5, 0.6) is 0 Å². The fourth-order valence-corrected chi connectivity index (χ4v) is 5.67. The maximum atomic E-state index is 4.63. The summed E-state index contributed by atoms with van der Waals surface area (Å²) in [4.78, 5) is 16.2. The molecule has 0 radical (unpaired) electrons. The minimum absolute atomic E-state index is 0.688. The summed E-state index contributed by atoms with van der Waals surface area (Å²) in [5, 5.41) is 10.3. The highest BCUT2D eigenvalue weighted by Crippen LogP contribution is 2.41. The van der Waals surface area contributed by atoms with Gasteiger partial charge < -0.3 is 0 Å². The summed E-state index contributed by atoms with van der Waals surface area (Å²) >= 11 is 3.33. The lowest BCUT2D eigenvalue weighted by Gasteiger charge is -2.17. The molecule has 0 bridgehead atoms. The van der Waals surface area contributed by atoms with Crippen LogP contribution in [-0.2, 0) is 12.8 Å². The van der Waals surface area contributed by atoms with Crippen molar-refractivity contribution >= 4 is 33.3 Å². The molecule has 26 heavy (non-hydrogen) atoms. The third-order valence-electron chi connectivity index (χ3n) is 4.76. The molecule has 0 amide bonds. The van der Waals surface area contributed by atoms with Gasteiger partial charge in [-0.2, -0.15) is 0 Å². The minimum Gasteiger partial charge on any atom is -0.258 e. The first-order valence-electron chi connectivity index (χ1n) is 8.69. The van der Waals surface area contributed by atoms with Gasteiger partial charge in [-0.25, -0.2) is 15.0 Å². The number of fused-ring (bicyclic) bond motifs is 3. The van der Waals surface area contributed by atoms with E-state index in [2.05, 4.69) is 32.1 Å². The first-order chi connectivity index (χ1) is 12.8. The van der Waals surface area contributed by atoms with Gasteiger partial charge in [-0.15, -0.1) is 16.4 Å². The maximum absolute atomic E-state index is 4.63. The predicted octanol–water partition coefficient (Wildman–Crippen LogP) is 4.75. The van der Waals surface area contributed by atoms with Crippen LogP contribution in [0.2, 0.25) is 0 Å². The van der Waals surface area contributed by atoms with Crippen LogP contribution in [0.25, 0.3) is 21.6 Å². The molecule has 0 aliphatic heterocycles. The van der Waals surface area contributed by atoms with Crippen LogP contribution in [0.15, 0.2) is 46.8 Å². The summed E-state index contributed by atoms with van der Waals surface area (Å²) in [6.07, 6.45) is 5.15. The molecule has 130 valence electrons. The predicted molar refractivity (Wildman–Crippen MR) is 105 cm³/mol. The molecule has 1 atom stereocenters. The van der Waals surface area contributed by atoms with Crippen LogP contribution in [-0.4, -0.2) is 25.1 Å². The van der Waals surface area contributed by atoms with Crippen LogP contribution in [0.1, 0.15) is 23.8 Å². The Bertz CT molecular complexity index is 1070. The smallest absolute Gasteiger partial charge is 0.215 e. The second-order valence-electron chi connectivity index (χ2n) is 6.65. The lowest BCUT2D eigenvalue weighted by molar-refractivity contribution is 0.509. The monoisotopic (exact) mass is 379 g/mol. The summed E-state index contributed by atoms with van der Waals surface area (Å²) in [7, 11) is 0. The molecule has 5 rings (SSSR count). The Hall–Kier alpha value is -2.25. The van der Waals surface area contributed by atoms with Crippen molar-refractivity contribution < 1.29 is 0 Å². The molecule has 3 aromatic heterocycles. The highest BCUT2D eigenvalue weighted by Gasteiger charge is 2.23. The number of nitrogens with zero attached hydrogens (tertiary/aromatic N) is 4. The zero-order valence-corrected chi connectivity index (χ0v) is 15.9. The molecule has 7 heteroatoms. The Morgan fingerprint density at radius 3 is 2.96 bits per heavy atom. The third-order valence-corrected chi connectivity index (χ3v) is 6.79. The normalized spacial score (nSPS) is 16.7. The number of hydrogen-bond acceptors (Lipinski definition) is 6. The van der Waals surface area contributed by atoms with E-state index < -0.39 is 0 Å². The van der Waals surface area contributed by atoms with E-state index in [1.54, 1.807) is 6.33 Å². The molecule has 4 aromatic rings. The molecule has 0 saturated heterocycles. The Morgan fingerprint density at radius 2 is 2.08 bits per heavy atom. The summed E-state index contributed by atoms with van der Waals surface area (Å²) < 4.78 is 0. The summed E-state index contributed by atoms with van der Waals surface area (Å²) in [6.45, 7) is 2.33. The zero-order chi connectivity index (χ0) is 17.5. The topological polar surface area (TPSA) is 67.3 Å². The van der Waals surface area contributed by atoms with Crippen molar-refractivity contribution in [1.29, 1.82) is 0 Å². The number of nitrogens with one attached hydrogen (secondary N) is 1. The Kier molecular flexibility index (Phi) is 3.98. The van der Waals surface area contributed by atoms with Crippen molar-refractivity contribution in [2.24, 2.45) is 5.92 Å². The molecule has 1 N–H and O–H groups in total. The second kappa shape index (κ2) is 6.48. The molecule has 0 saturated carbocycles. The van der Waals surface area contributed by atoms with Gasteiger partial charge in [0.15, 0.2) is 5.82 Å². The number of benzene rings is 1. The lowest BCUT2D eigenvalue weighted by atomic mass is 9.89. The van der Waals surface area contributed by atoms with E-state index in [-0.39, 0.29) is 0 Å². The Morgan fingerprint density at radius 1 is 1.19 bits per heavy atom. The zero-order valence-electron chi connectivity index (χ0n) is 14.3. The largest absolute Gasteiger partial charge is 0.258 e. The molecule has 0 fully saturated rings. The number of rotatable bonds is 3. The van der Waals surface area contributed by atoms with Gasteiger partial charge in [0, 0.05) is 15.8 Å². The molecule has 3 heterocycles. The number of hydrogen-bond donors (Lipinski definition) is 1. The number of thiophene rings is 1. The quantitative estimate of drug-likeness (QED) is 0.520. The molecule has 1 aromatic carbocycles. The first-order valence-corrected chi connectivity index (χ1v) is 10.3. The van der Waals surface area contributed by atoms with Gasteiger partial charge in [0.2, 0.25) is 5.16 Å². The van der Waals surface area contributed by atoms with Crippen LogP contribution >= 0.6 is 23.1 Å². The van der Waals surface area contributed by atoms with Crippen molar-refractivity contribution in [3.8, 4) is 11.4 Å². The van der Waals surface area contributed by atoms with Gasteiger partial charge >= 0.3 is 0 Å². The standard InChI is InChI=1S/C19H17N5S2/c1-11-7-8-13-14(9-11)25-17-15(13)18(21-10-20-17)26-19-22-16(23-24-19)12-5-3-2-4-6-12/h2-6,10-11H,7-9H2,1H3,(H,22,23,24)/t11-/m1/s1. The van der Waals surface area contributed by atoms with Crippen LogP contribution in [0.3, 0.4) is 0 Å². The van der Waals surface area contributed by atoms with E-state index in [4.69, 9.17) is 0 Å². The van der Waals surface area contributed by atoms with Gasteiger partial charge in [-0.05, 0) is 42.5 Å². The van der Waals surface area contributed by atoms with Gasteiger partial charge in [-0.3, -0.25) is 5.10 Å². The van der Waals surface area contributed by atoms with E-state index in [0.717, 1.165) is 40.0 Å². The van der Waals surface area contributed by atoms with E-state index >= 15 is 0 Å². The average molecular weight is 380 g/mol. The fraction of sp³-hybridized carbons (Fsp3) is 0.263. The Labute approximate surface area is 159 Å². The van der Waals surface area contributed by atoms with Gasteiger partial charge in [0.1, 0.15) is 16.2 Å². The number of aromatic amines is 1. The number of H-pyrrole nitrogens is 1. The first kappa shape index (κ1) is 16.0. The van der Waals surface area contributed by atoms with Crippen molar-refractivity contribution in [1.82, 2.24) is 25.1 Å². The average Bonchev–Trinajstić information content (AvgIpc) is 3.27. The summed E-state index contributed by atoms with van der Waals surface area (Å²) in [5.41, 5.74) is 2.46. The maximum Gasteiger partial charge on any atom is 0.215 e. The van der Waals surface area contributed by atoms with E-state index in [1.165, 1.54) is 34.0 Å².